The largest absolute Gasteiger partial charge is 0.484 e. The molecule has 0 fully saturated rings. The highest BCUT2D eigenvalue weighted by Gasteiger charge is 2.06. The number of primary amides is 1. The molecule has 1 aromatic rings. The van der Waals surface area contributed by atoms with Crippen molar-refractivity contribution in [3.63, 3.8) is 0 Å². The number of carbonyl (C=O) groups excluding carboxylic acids is 2. The highest BCUT2D eigenvalue weighted by molar-refractivity contribution is 5.92. The van der Waals surface area contributed by atoms with Crippen molar-refractivity contribution in [3.05, 3.63) is 41.5 Å². The van der Waals surface area contributed by atoms with Crippen LogP contribution >= 0.6 is 0 Å². The van der Waals surface area contributed by atoms with E-state index in [2.05, 4.69) is 11.4 Å². The molecule has 0 radical (unpaired) electrons. The van der Waals surface area contributed by atoms with E-state index in [0.29, 0.717) is 17.9 Å². The van der Waals surface area contributed by atoms with E-state index >= 15 is 0 Å². The van der Waals surface area contributed by atoms with Crippen LogP contribution in [0.3, 0.4) is 0 Å². The van der Waals surface area contributed by atoms with Crippen LogP contribution in [0.5, 0.6) is 5.75 Å². The number of ether oxygens (including phenoxy) is 1. The molecule has 0 unspecified atom stereocenters. The third-order valence-electron chi connectivity index (χ3n) is 3.66. The number of hydrogen-bond donors (Lipinski definition) is 2. The van der Waals surface area contributed by atoms with Gasteiger partial charge in [-0.25, -0.2) is 0 Å². The van der Waals surface area contributed by atoms with Crippen molar-refractivity contribution in [1.82, 2.24) is 5.32 Å². The van der Waals surface area contributed by atoms with Crippen LogP contribution in [-0.4, -0.2) is 25.0 Å². The summed E-state index contributed by atoms with van der Waals surface area (Å²) in [5.41, 5.74) is 7.01. The smallest absolute Gasteiger partial charge is 0.257 e. The van der Waals surface area contributed by atoms with Crippen molar-refractivity contribution in [2.24, 2.45) is 5.73 Å². The zero-order chi connectivity index (χ0) is 15.8. The Labute approximate surface area is 130 Å². The topological polar surface area (TPSA) is 81.4 Å². The fraction of sp³-hybridized carbons (Fsp3) is 0.412. The summed E-state index contributed by atoms with van der Waals surface area (Å²) in [6.45, 7) is 0.615. The van der Waals surface area contributed by atoms with Crippen LogP contribution in [0.15, 0.2) is 35.9 Å². The number of amides is 2. The van der Waals surface area contributed by atoms with Gasteiger partial charge in [0.15, 0.2) is 6.61 Å². The van der Waals surface area contributed by atoms with Gasteiger partial charge < -0.3 is 15.8 Å². The van der Waals surface area contributed by atoms with Gasteiger partial charge in [-0.3, -0.25) is 9.59 Å². The minimum atomic E-state index is -0.485. The average molecular weight is 302 g/mol. The second kappa shape index (κ2) is 8.22. The zero-order valence-electron chi connectivity index (χ0n) is 12.6. The van der Waals surface area contributed by atoms with Gasteiger partial charge in [0.1, 0.15) is 5.75 Å². The van der Waals surface area contributed by atoms with Gasteiger partial charge in [-0.15, -0.1) is 0 Å². The average Bonchev–Trinajstić information content (AvgIpc) is 2.54. The van der Waals surface area contributed by atoms with E-state index in [0.717, 1.165) is 19.3 Å². The van der Waals surface area contributed by atoms with Crippen molar-refractivity contribution in [1.29, 1.82) is 0 Å². The Balaban J connectivity index is 1.66. The molecule has 0 atom stereocenters. The van der Waals surface area contributed by atoms with Crippen LogP contribution in [-0.2, 0) is 4.79 Å². The molecule has 1 aliphatic carbocycles. The Morgan fingerprint density at radius 2 is 1.95 bits per heavy atom. The maximum atomic E-state index is 11.7. The van der Waals surface area contributed by atoms with Crippen molar-refractivity contribution in [2.45, 2.75) is 32.1 Å². The van der Waals surface area contributed by atoms with E-state index in [1.54, 1.807) is 24.3 Å². The number of rotatable bonds is 7. The van der Waals surface area contributed by atoms with E-state index in [4.69, 9.17) is 10.5 Å². The first-order chi connectivity index (χ1) is 10.6. The van der Waals surface area contributed by atoms with E-state index in [9.17, 15) is 9.59 Å². The quantitative estimate of drug-likeness (QED) is 0.757. The number of hydrogen-bond acceptors (Lipinski definition) is 3. The molecule has 22 heavy (non-hydrogen) atoms. The Bertz CT molecular complexity index is 550. The molecule has 2 amide bonds. The Morgan fingerprint density at radius 1 is 1.18 bits per heavy atom. The normalized spacial score (nSPS) is 14.1. The van der Waals surface area contributed by atoms with Gasteiger partial charge >= 0.3 is 0 Å². The Kier molecular flexibility index (Phi) is 6.01. The maximum absolute atomic E-state index is 11.7. The zero-order valence-corrected chi connectivity index (χ0v) is 12.6. The molecule has 0 saturated heterocycles. The number of carbonyl (C=O) groups is 2. The van der Waals surface area contributed by atoms with Crippen LogP contribution in [0.4, 0.5) is 0 Å². The second-order valence-electron chi connectivity index (χ2n) is 5.39. The molecule has 5 nitrogen and oxygen atoms in total. The predicted octanol–water partition coefficient (Wildman–Crippen LogP) is 2.17. The van der Waals surface area contributed by atoms with Crippen LogP contribution in [0.2, 0.25) is 0 Å². The lowest BCUT2D eigenvalue weighted by molar-refractivity contribution is -0.123. The molecule has 118 valence electrons. The summed E-state index contributed by atoms with van der Waals surface area (Å²) in [7, 11) is 0. The summed E-state index contributed by atoms with van der Waals surface area (Å²) in [6.07, 6.45) is 8.04. The van der Waals surface area contributed by atoms with E-state index in [1.807, 2.05) is 0 Å². The van der Waals surface area contributed by atoms with E-state index in [1.165, 1.54) is 18.4 Å². The number of nitrogens with two attached hydrogens (primary N) is 1. The fourth-order valence-corrected chi connectivity index (χ4v) is 2.41. The summed E-state index contributed by atoms with van der Waals surface area (Å²) >= 11 is 0. The molecule has 1 aliphatic rings. The minimum absolute atomic E-state index is 0.0328. The highest BCUT2D eigenvalue weighted by Crippen LogP contribution is 2.19. The molecule has 0 spiro atoms. The minimum Gasteiger partial charge on any atom is -0.484 e. The maximum Gasteiger partial charge on any atom is 0.257 e. The van der Waals surface area contributed by atoms with E-state index < -0.39 is 5.91 Å². The third kappa shape index (κ3) is 5.24. The van der Waals surface area contributed by atoms with Crippen LogP contribution in [0, 0.1) is 0 Å². The highest BCUT2D eigenvalue weighted by atomic mass is 16.5. The Morgan fingerprint density at radius 3 is 2.59 bits per heavy atom. The van der Waals surface area contributed by atoms with Gasteiger partial charge in [0, 0.05) is 12.1 Å². The molecular weight excluding hydrogens is 280 g/mol. The molecule has 0 heterocycles. The SMILES string of the molecule is NC(=O)c1ccc(OCC(=O)NCCC2=CCCCC2)cc1. The van der Waals surface area contributed by atoms with Gasteiger partial charge in [-0.05, 0) is 56.4 Å². The molecule has 3 N–H and O–H groups in total. The summed E-state index contributed by atoms with van der Waals surface area (Å²) in [5.74, 6) is -0.0909. The molecule has 0 aromatic heterocycles. The standard InChI is InChI=1S/C17H22N2O3/c18-17(21)14-6-8-15(9-7-14)22-12-16(20)19-11-10-13-4-2-1-3-5-13/h4,6-9H,1-3,5,10-12H2,(H2,18,21)(H,19,20). The molecule has 0 aliphatic heterocycles. The van der Waals surface area contributed by atoms with Crippen molar-refractivity contribution < 1.29 is 14.3 Å². The number of benzene rings is 1. The Hall–Kier alpha value is -2.30. The molecular formula is C17H22N2O3. The summed E-state index contributed by atoms with van der Waals surface area (Å²) in [4.78, 5) is 22.6. The summed E-state index contributed by atoms with van der Waals surface area (Å²) in [6, 6.07) is 6.40. The molecule has 2 rings (SSSR count). The lowest BCUT2D eigenvalue weighted by atomic mass is 9.97. The lowest BCUT2D eigenvalue weighted by Crippen LogP contribution is -2.30. The monoisotopic (exact) mass is 302 g/mol. The summed E-state index contributed by atoms with van der Waals surface area (Å²) in [5, 5.41) is 2.85. The van der Waals surface area contributed by atoms with Gasteiger partial charge in [0.2, 0.25) is 5.91 Å². The van der Waals surface area contributed by atoms with Crippen LogP contribution in [0.25, 0.3) is 0 Å². The van der Waals surface area contributed by atoms with Crippen molar-refractivity contribution in [3.8, 4) is 5.75 Å². The molecule has 0 saturated carbocycles. The number of allylic oxidation sites excluding steroid dienone is 1. The first kappa shape index (κ1) is 16.1. The molecule has 0 bridgehead atoms. The number of nitrogens with one attached hydrogen (secondary N) is 1. The van der Waals surface area contributed by atoms with Crippen molar-refractivity contribution >= 4 is 11.8 Å². The predicted molar refractivity (Wildman–Crippen MR) is 84.6 cm³/mol. The second-order valence-corrected chi connectivity index (χ2v) is 5.39. The van der Waals surface area contributed by atoms with Gasteiger partial charge in [-0.1, -0.05) is 11.6 Å². The third-order valence-corrected chi connectivity index (χ3v) is 3.66. The van der Waals surface area contributed by atoms with Gasteiger partial charge in [-0.2, -0.15) is 0 Å². The first-order valence-electron chi connectivity index (χ1n) is 7.62. The van der Waals surface area contributed by atoms with Crippen LogP contribution < -0.4 is 15.8 Å². The molecule has 5 heteroatoms. The lowest BCUT2D eigenvalue weighted by Gasteiger charge is -2.13. The fourth-order valence-electron chi connectivity index (χ4n) is 2.41. The van der Waals surface area contributed by atoms with Crippen molar-refractivity contribution in [2.75, 3.05) is 13.2 Å². The van der Waals surface area contributed by atoms with Gasteiger partial charge in [0.25, 0.3) is 5.91 Å². The first-order valence-corrected chi connectivity index (χ1v) is 7.62. The van der Waals surface area contributed by atoms with E-state index in [-0.39, 0.29) is 12.5 Å². The van der Waals surface area contributed by atoms with Crippen LogP contribution in [0.1, 0.15) is 42.5 Å². The summed E-state index contributed by atoms with van der Waals surface area (Å²) < 4.78 is 5.37. The molecule has 1 aromatic carbocycles. The van der Waals surface area contributed by atoms with Gasteiger partial charge in [0.05, 0.1) is 0 Å².